The van der Waals surface area contributed by atoms with Crippen LogP contribution in [0.2, 0.25) is 0 Å². The van der Waals surface area contributed by atoms with E-state index in [4.69, 9.17) is 4.42 Å². The Morgan fingerprint density at radius 1 is 1.28 bits per heavy atom. The Morgan fingerprint density at radius 2 is 2.03 bits per heavy atom. The summed E-state index contributed by atoms with van der Waals surface area (Å²) in [7, 11) is 0. The summed E-state index contributed by atoms with van der Waals surface area (Å²) in [5, 5.41) is 2.87. The van der Waals surface area contributed by atoms with Crippen LogP contribution < -0.4 is 10.1 Å². The normalized spacial score (nSPS) is 17.7. The lowest BCUT2D eigenvalue weighted by molar-refractivity contribution is -0.274. The zero-order chi connectivity index (χ0) is 20.4. The van der Waals surface area contributed by atoms with Gasteiger partial charge in [-0.1, -0.05) is 6.08 Å². The van der Waals surface area contributed by atoms with Crippen LogP contribution in [0.1, 0.15) is 35.6 Å². The van der Waals surface area contributed by atoms with E-state index in [2.05, 4.69) is 19.3 Å². The van der Waals surface area contributed by atoms with Gasteiger partial charge >= 0.3 is 6.36 Å². The van der Waals surface area contributed by atoms with Gasteiger partial charge in [-0.05, 0) is 55.5 Å². The second kappa shape index (κ2) is 8.11. The lowest BCUT2D eigenvalue weighted by Gasteiger charge is -2.24. The van der Waals surface area contributed by atoms with Gasteiger partial charge < -0.3 is 14.5 Å². The number of amides is 1. The first-order chi connectivity index (χ1) is 13.9. The highest BCUT2D eigenvalue weighted by atomic mass is 32.2. The Morgan fingerprint density at radius 3 is 2.66 bits per heavy atom. The van der Waals surface area contributed by atoms with Crippen molar-refractivity contribution >= 4 is 23.4 Å². The summed E-state index contributed by atoms with van der Waals surface area (Å²) in [5.41, 5.74) is 1.21. The standard InChI is InChI=1S/C19H18F3N3O3S/c20-19(21,22)28-14-3-5-15(6-4-14)29-25-9-7-12(8-10-25)18-24-16(11-27-18)17(26)23-13-1-2-13/h3-7,11,13H,1-2,8-10H2,(H,23,26). The number of ether oxygens (including phenoxy) is 1. The van der Waals surface area contributed by atoms with Gasteiger partial charge in [-0.3, -0.25) is 4.79 Å². The summed E-state index contributed by atoms with van der Waals surface area (Å²) in [6, 6.07) is 6.02. The molecule has 6 nitrogen and oxygen atoms in total. The number of carbonyl (C=O) groups excluding carboxylic acids is 1. The number of aromatic nitrogens is 1. The molecule has 1 fully saturated rings. The topological polar surface area (TPSA) is 67.6 Å². The number of benzene rings is 1. The summed E-state index contributed by atoms with van der Waals surface area (Å²) >= 11 is 1.45. The van der Waals surface area contributed by atoms with Crippen LogP contribution >= 0.6 is 11.9 Å². The van der Waals surface area contributed by atoms with Gasteiger partial charge in [0.05, 0.1) is 0 Å². The van der Waals surface area contributed by atoms with E-state index >= 15 is 0 Å². The molecule has 4 rings (SSSR count). The minimum Gasteiger partial charge on any atom is -0.444 e. The maximum Gasteiger partial charge on any atom is 0.573 e. The summed E-state index contributed by atoms with van der Waals surface area (Å²) in [4.78, 5) is 17.1. The minimum atomic E-state index is -4.69. The molecule has 0 saturated heterocycles. The smallest absolute Gasteiger partial charge is 0.444 e. The predicted octanol–water partition coefficient (Wildman–Crippen LogP) is 4.26. The molecule has 2 aliphatic rings. The molecule has 1 aliphatic carbocycles. The summed E-state index contributed by atoms with van der Waals surface area (Å²) in [6.07, 6.45) is 1.36. The summed E-state index contributed by atoms with van der Waals surface area (Å²) in [5.74, 6) is -0.00798. The van der Waals surface area contributed by atoms with Gasteiger partial charge in [-0.2, -0.15) is 0 Å². The molecule has 10 heteroatoms. The van der Waals surface area contributed by atoms with E-state index in [-0.39, 0.29) is 23.4 Å². The molecule has 2 heterocycles. The van der Waals surface area contributed by atoms with Crippen LogP contribution in [0.4, 0.5) is 13.2 Å². The van der Waals surface area contributed by atoms with Crippen molar-refractivity contribution < 1.29 is 27.1 Å². The Hall–Kier alpha value is -2.46. The van der Waals surface area contributed by atoms with Crippen molar-refractivity contribution in [1.82, 2.24) is 14.6 Å². The van der Waals surface area contributed by atoms with Crippen LogP contribution in [0.5, 0.6) is 5.75 Å². The highest BCUT2D eigenvalue weighted by Crippen LogP contribution is 2.31. The first-order valence-corrected chi connectivity index (χ1v) is 9.87. The van der Waals surface area contributed by atoms with Crippen LogP contribution in [0, 0.1) is 0 Å². The van der Waals surface area contributed by atoms with Crippen LogP contribution in [0.25, 0.3) is 5.57 Å². The molecule has 1 aromatic carbocycles. The van der Waals surface area contributed by atoms with Crippen molar-refractivity contribution in [3.8, 4) is 5.75 Å². The van der Waals surface area contributed by atoms with Gasteiger partial charge in [0.15, 0.2) is 5.69 Å². The summed E-state index contributed by atoms with van der Waals surface area (Å²) < 4.78 is 48.1. The molecular weight excluding hydrogens is 407 g/mol. The number of rotatable bonds is 6. The largest absolute Gasteiger partial charge is 0.573 e. The fourth-order valence-corrected chi connectivity index (χ4v) is 3.68. The molecule has 2 aromatic rings. The number of halogens is 3. The van der Waals surface area contributed by atoms with Gasteiger partial charge in [-0.15, -0.1) is 13.2 Å². The Labute approximate surface area is 169 Å². The Balaban J connectivity index is 1.31. The number of oxazole rings is 1. The zero-order valence-corrected chi connectivity index (χ0v) is 16.1. The maximum absolute atomic E-state index is 12.2. The molecule has 1 N–H and O–H groups in total. The van der Waals surface area contributed by atoms with E-state index < -0.39 is 6.36 Å². The minimum absolute atomic E-state index is 0.214. The third kappa shape index (κ3) is 5.54. The van der Waals surface area contributed by atoms with E-state index in [1.54, 1.807) is 12.1 Å². The van der Waals surface area contributed by atoms with Gasteiger partial charge in [0.2, 0.25) is 5.89 Å². The van der Waals surface area contributed by atoms with Gasteiger partial charge in [-0.25, -0.2) is 9.29 Å². The number of carbonyl (C=O) groups is 1. The third-order valence-corrected chi connectivity index (χ3v) is 5.46. The van der Waals surface area contributed by atoms with E-state index in [1.807, 2.05) is 6.08 Å². The Kier molecular flexibility index (Phi) is 5.55. The highest BCUT2D eigenvalue weighted by Gasteiger charge is 2.31. The number of hydrogen-bond acceptors (Lipinski definition) is 6. The molecule has 29 heavy (non-hydrogen) atoms. The predicted molar refractivity (Wildman–Crippen MR) is 100 cm³/mol. The Bertz CT molecular complexity index is 907. The van der Waals surface area contributed by atoms with Crippen molar-refractivity contribution in [3.63, 3.8) is 0 Å². The number of nitrogens with one attached hydrogen (secondary N) is 1. The highest BCUT2D eigenvalue weighted by molar-refractivity contribution is 7.97. The van der Waals surface area contributed by atoms with Crippen molar-refractivity contribution in [2.45, 2.75) is 36.6 Å². The zero-order valence-electron chi connectivity index (χ0n) is 15.2. The van der Waals surface area contributed by atoms with Gasteiger partial charge in [0.25, 0.3) is 5.91 Å². The van der Waals surface area contributed by atoms with Gasteiger partial charge in [0.1, 0.15) is 12.0 Å². The molecular formula is C19H18F3N3O3S. The van der Waals surface area contributed by atoms with Crippen LogP contribution in [-0.4, -0.2) is 40.7 Å². The van der Waals surface area contributed by atoms with E-state index in [9.17, 15) is 18.0 Å². The molecule has 0 radical (unpaired) electrons. The second-order valence-electron chi connectivity index (χ2n) is 6.76. The van der Waals surface area contributed by atoms with E-state index in [0.717, 1.165) is 23.3 Å². The molecule has 154 valence electrons. The molecule has 1 aliphatic heterocycles. The van der Waals surface area contributed by atoms with Crippen LogP contribution in [0.3, 0.4) is 0 Å². The first kappa shape index (κ1) is 19.8. The van der Waals surface area contributed by atoms with Crippen LogP contribution in [0.15, 0.2) is 45.9 Å². The number of nitrogens with zero attached hydrogens (tertiary/aromatic N) is 2. The van der Waals surface area contributed by atoms with Crippen molar-refractivity contribution in [2.24, 2.45) is 0 Å². The molecule has 1 saturated carbocycles. The van der Waals surface area contributed by atoms with Crippen molar-refractivity contribution in [1.29, 1.82) is 0 Å². The van der Waals surface area contributed by atoms with E-state index in [0.29, 0.717) is 25.4 Å². The molecule has 0 unspecified atom stereocenters. The third-order valence-electron chi connectivity index (χ3n) is 4.39. The molecule has 0 bridgehead atoms. The quantitative estimate of drug-likeness (QED) is 0.698. The number of alkyl halides is 3. The fraction of sp³-hybridized carbons (Fsp3) is 0.368. The van der Waals surface area contributed by atoms with E-state index in [1.165, 1.54) is 30.3 Å². The molecule has 1 amide bonds. The summed E-state index contributed by atoms with van der Waals surface area (Å²) in [6.45, 7) is 1.33. The second-order valence-corrected chi connectivity index (χ2v) is 7.93. The SMILES string of the molecule is O=C(NC1CC1)c1coc(C2=CCN(Sc3ccc(OC(F)(F)F)cc3)CC2)n1. The first-order valence-electron chi connectivity index (χ1n) is 9.10. The molecule has 0 atom stereocenters. The maximum atomic E-state index is 12.2. The molecule has 0 spiro atoms. The average molecular weight is 425 g/mol. The van der Waals surface area contributed by atoms with Crippen molar-refractivity contribution in [3.05, 3.63) is 48.2 Å². The fourth-order valence-electron chi connectivity index (χ4n) is 2.79. The van der Waals surface area contributed by atoms with Crippen LogP contribution in [-0.2, 0) is 0 Å². The lowest BCUT2D eigenvalue weighted by atomic mass is 10.1. The van der Waals surface area contributed by atoms with Crippen molar-refractivity contribution in [2.75, 3.05) is 13.1 Å². The lowest BCUT2D eigenvalue weighted by Crippen LogP contribution is -2.25. The monoisotopic (exact) mass is 425 g/mol. The molecule has 1 aromatic heterocycles. The number of hydrogen-bond donors (Lipinski definition) is 1. The average Bonchev–Trinajstić information content (AvgIpc) is 3.34. The van der Waals surface area contributed by atoms with Gasteiger partial charge in [0, 0.05) is 29.6 Å².